The fraction of sp³-hybridized carbons (Fsp3) is 0.0714. The van der Waals surface area contributed by atoms with Gasteiger partial charge >= 0.3 is 12.1 Å². The van der Waals surface area contributed by atoms with E-state index in [9.17, 15) is 14.4 Å². The molecule has 114 valence electrons. The van der Waals surface area contributed by atoms with E-state index in [2.05, 4.69) is 10.6 Å². The van der Waals surface area contributed by atoms with E-state index < -0.39 is 18.0 Å². The second-order valence-corrected chi connectivity index (χ2v) is 4.49. The topological polar surface area (TPSA) is 121 Å². The zero-order chi connectivity index (χ0) is 16.3. The van der Waals surface area contributed by atoms with E-state index in [1.807, 2.05) is 0 Å². The van der Waals surface area contributed by atoms with Crippen molar-refractivity contribution in [2.75, 3.05) is 10.6 Å². The first kappa shape index (κ1) is 15.1. The summed E-state index contributed by atoms with van der Waals surface area (Å²) in [5.74, 6) is -1.49. The Labute approximate surface area is 125 Å². The van der Waals surface area contributed by atoms with Crippen LogP contribution in [0.4, 0.5) is 16.2 Å². The van der Waals surface area contributed by atoms with E-state index in [0.29, 0.717) is 5.69 Å². The molecule has 0 radical (unpaired) electrons. The molecule has 0 bridgehead atoms. The first-order valence-electron chi connectivity index (χ1n) is 6.18. The lowest BCUT2D eigenvalue weighted by molar-refractivity contribution is 0.0696. The minimum atomic E-state index is -1.22. The van der Waals surface area contributed by atoms with Crippen LogP contribution in [0.5, 0.6) is 0 Å². The van der Waals surface area contributed by atoms with Crippen molar-refractivity contribution in [2.24, 2.45) is 7.05 Å². The van der Waals surface area contributed by atoms with Gasteiger partial charge in [0.25, 0.3) is 5.91 Å². The number of amides is 2. The molecule has 0 aliphatic heterocycles. The Balaban J connectivity index is 2.13. The summed E-state index contributed by atoms with van der Waals surface area (Å²) in [7, 11) is 1.61. The van der Waals surface area contributed by atoms with E-state index in [4.69, 9.17) is 10.2 Å². The van der Waals surface area contributed by atoms with Crippen molar-refractivity contribution in [3.63, 3.8) is 0 Å². The Hall–Kier alpha value is -3.29. The van der Waals surface area contributed by atoms with Crippen LogP contribution < -0.4 is 10.6 Å². The van der Waals surface area contributed by atoms with E-state index in [1.165, 1.54) is 41.1 Å². The first-order chi connectivity index (χ1) is 10.4. The summed E-state index contributed by atoms with van der Waals surface area (Å²) in [6, 6.07) is 7.09. The highest BCUT2D eigenvalue weighted by Crippen LogP contribution is 2.16. The standard InChI is InChI=1S/C14H13N3O5/c1-17-7-10(16-14(21)22)6-11(17)12(18)15-9-4-2-8(3-5-9)13(19)20/h2-7,16H,1H3,(H,15,18)(H,19,20)(H,21,22). The van der Waals surface area contributed by atoms with Gasteiger partial charge in [-0.3, -0.25) is 10.1 Å². The maximum atomic E-state index is 12.1. The molecule has 0 unspecified atom stereocenters. The Morgan fingerprint density at radius 3 is 2.18 bits per heavy atom. The van der Waals surface area contributed by atoms with E-state index in [0.717, 1.165) is 0 Å². The van der Waals surface area contributed by atoms with Crippen molar-refractivity contribution in [1.29, 1.82) is 0 Å². The summed E-state index contributed by atoms with van der Waals surface area (Å²) >= 11 is 0. The quantitative estimate of drug-likeness (QED) is 0.689. The summed E-state index contributed by atoms with van der Waals surface area (Å²) in [4.78, 5) is 33.4. The van der Waals surface area contributed by atoms with Crippen LogP contribution in [-0.4, -0.2) is 32.7 Å². The molecular weight excluding hydrogens is 290 g/mol. The van der Waals surface area contributed by atoms with Crippen molar-refractivity contribution >= 4 is 29.3 Å². The number of aromatic carboxylic acids is 1. The van der Waals surface area contributed by atoms with Gasteiger partial charge in [0.2, 0.25) is 0 Å². The lowest BCUT2D eigenvalue weighted by Crippen LogP contribution is -2.15. The predicted molar refractivity (Wildman–Crippen MR) is 78.4 cm³/mol. The molecule has 0 saturated heterocycles. The second kappa shape index (κ2) is 6.00. The monoisotopic (exact) mass is 303 g/mol. The van der Waals surface area contributed by atoms with Gasteiger partial charge in [-0.1, -0.05) is 0 Å². The predicted octanol–water partition coefficient (Wildman–Crippen LogP) is 2.07. The number of anilines is 2. The number of carbonyl (C=O) groups excluding carboxylic acids is 1. The number of carboxylic acids is 1. The van der Waals surface area contributed by atoms with Crippen molar-refractivity contribution in [1.82, 2.24) is 4.57 Å². The van der Waals surface area contributed by atoms with E-state index in [1.54, 1.807) is 7.05 Å². The molecule has 8 nitrogen and oxygen atoms in total. The molecule has 8 heteroatoms. The van der Waals surface area contributed by atoms with Gasteiger partial charge in [0.15, 0.2) is 0 Å². The summed E-state index contributed by atoms with van der Waals surface area (Å²) in [5, 5.41) is 22.2. The number of hydrogen-bond donors (Lipinski definition) is 4. The van der Waals surface area contributed by atoms with Crippen LogP contribution in [-0.2, 0) is 7.05 Å². The maximum Gasteiger partial charge on any atom is 0.409 e. The van der Waals surface area contributed by atoms with Gasteiger partial charge in [0.05, 0.1) is 11.3 Å². The van der Waals surface area contributed by atoms with Crippen molar-refractivity contribution in [3.05, 3.63) is 47.8 Å². The SMILES string of the molecule is Cn1cc(NC(=O)O)cc1C(=O)Nc1ccc(C(=O)O)cc1. The Morgan fingerprint density at radius 1 is 1.00 bits per heavy atom. The summed E-state index contributed by atoms with van der Waals surface area (Å²) < 4.78 is 1.48. The van der Waals surface area contributed by atoms with Crippen LogP contribution in [0.25, 0.3) is 0 Å². The fourth-order valence-electron chi connectivity index (χ4n) is 1.87. The average Bonchev–Trinajstić information content (AvgIpc) is 2.79. The highest BCUT2D eigenvalue weighted by Gasteiger charge is 2.13. The van der Waals surface area contributed by atoms with Gasteiger partial charge in [-0.2, -0.15) is 0 Å². The van der Waals surface area contributed by atoms with Crippen LogP contribution >= 0.6 is 0 Å². The minimum absolute atomic E-state index is 0.116. The molecule has 2 rings (SSSR count). The molecule has 1 aromatic heterocycles. The van der Waals surface area contributed by atoms with E-state index >= 15 is 0 Å². The molecule has 0 aliphatic carbocycles. The number of nitrogens with zero attached hydrogens (tertiary/aromatic N) is 1. The average molecular weight is 303 g/mol. The third kappa shape index (κ3) is 3.42. The third-order valence-corrected chi connectivity index (χ3v) is 2.88. The van der Waals surface area contributed by atoms with Crippen LogP contribution in [0.2, 0.25) is 0 Å². The fourth-order valence-corrected chi connectivity index (χ4v) is 1.87. The number of carboxylic acid groups (broad SMARTS) is 2. The first-order valence-corrected chi connectivity index (χ1v) is 6.18. The Bertz CT molecular complexity index is 733. The van der Waals surface area contributed by atoms with Gasteiger partial charge in [0, 0.05) is 18.9 Å². The molecule has 1 aromatic carbocycles. The number of aryl methyl sites for hydroxylation is 1. The number of hydrogen-bond acceptors (Lipinski definition) is 3. The Kier molecular flexibility index (Phi) is 4.12. The molecule has 1 heterocycles. The number of nitrogens with one attached hydrogen (secondary N) is 2. The number of carbonyl (C=O) groups is 3. The molecule has 0 aliphatic rings. The summed E-state index contributed by atoms with van der Waals surface area (Å²) in [6.07, 6.45) is 0.248. The van der Waals surface area contributed by atoms with Crippen LogP contribution in [0, 0.1) is 0 Å². The largest absolute Gasteiger partial charge is 0.478 e. The van der Waals surface area contributed by atoms with Gasteiger partial charge in [-0.15, -0.1) is 0 Å². The molecule has 2 aromatic rings. The minimum Gasteiger partial charge on any atom is -0.478 e. The van der Waals surface area contributed by atoms with Crippen molar-refractivity contribution in [3.8, 4) is 0 Å². The molecule has 2 amide bonds. The van der Waals surface area contributed by atoms with Crippen LogP contribution in [0.3, 0.4) is 0 Å². The Morgan fingerprint density at radius 2 is 1.64 bits per heavy atom. The van der Waals surface area contributed by atoms with Gasteiger partial charge in [-0.25, -0.2) is 9.59 Å². The van der Waals surface area contributed by atoms with Crippen molar-refractivity contribution in [2.45, 2.75) is 0 Å². The van der Waals surface area contributed by atoms with Gasteiger partial charge in [-0.05, 0) is 30.3 Å². The molecule has 0 atom stereocenters. The summed E-state index contributed by atoms with van der Waals surface area (Å²) in [6.45, 7) is 0. The molecule has 0 spiro atoms. The highest BCUT2D eigenvalue weighted by molar-refractivity contribution is 6.04. The molecule has 0 saturated carbocycles. The lowest BCUT2D eigenvalue weighted by Gasteiger charge is -2.06. The van der Waals surface area contributed by atoms with E-state index in [-0.39, 0.29) is 16.9 Å². The number of rotatable bonds is 4. The molecule has 4 N–H and O–H groups in total. The zero-order valence-electron chi connectivity index (χ0n) is 11.5. The molecular formula is C14H13N3O5. The number of aromatic nitrogens is 1. The second-order valence-electron chi connectivity index (χ2n) is 4.49. The van der Waals surface area contributed by atoms with Gasteiger partial charge in [0.1, 0.15) is 5.69 Å². The molecule has 22 heavy (non-hydrogen) atoms. The normalized spacial score (nSPS) is 10.0. The zero-order valence-corrected chi connectivity index (χ0v) is 11.5. The number of benzene rings is 1. The smallest absolute Gasteiger partial charge is 0.409 e. The highest BCUT2D eigenvalue weighted by atomic mass is 16.4. The molecule has 0 fully saturated rings. The maximum absolute atomic E-state index is 12.1. The third-order valence-electron chi connectivity index (χ3n) is 2.88. The van der Waals surface area contributed by atoms with Crippen LogP contribution in [0.1, 0.15) is 20.8 Å². The van der Waals surface area contributed by atoms with Crippen molar-refractivity contribution < 1.29 is 24.6 Å². The summed E-state index contributed by atoms with van der Waals surface area (Å²) in [5.41, 5.74) is 1.08. The lowest BCUT2D eigenvalue weighted by atomic mass is 10.2. The van der Waals surface area contributed by atoms with Crippen LogP contribution in [0.15, 0.2) is 36.5 Å². The van der Waals surface area contributed by atoms with Gasteiger partial charge < -0.3 is 20.1 Å².